The van der Waals surface area contributed by atoms with Gasteiger partial charge >= 0.3 is 5.97 Å². The number of anilines is 1. The first-order valence-electron chi connectivity index (χ1n) is 9.41. The zero-order chi connectivity index (χ0) is 18.1. The van der Waals surface area contributed by atoms with E-state index in [-0.39, 0.29) is 29.0 Å². The molecule has 1 unspecified atom stereocenters. The smallest absolute Gasteiger partial charge is 0.335 e. The van der Waals surface area contributed by atoms with Crippen molar-refractivity contribution in [2.75, 3.05) is 24.6 Å². The molecule has 1 amide bonds. The van der Waals surface area contributed by atoms with Gasteiger partial charge in [-0.3, -0.25) is 4.79 Å². The van der Waals surface area contributed by atoms with Gasteiger partial charge in [0.25, 0.3) is 0 Å². The fourth-order valence-corrected chi connectivity index (χ4v) is 4.25. The van der Waals surface area contributed by atoms with Crippen LogP contribution in [-0.4, -0.2) is 53.8 Å². The molecule has 0 aromatic carbocycles. The molecule has 1 aromatic heterocycles. The molecule has 1 saturated carbocycles. The van der Waals surface area contributed by atoms with Crippen LogP contribution in [0.3, 0.4) is 0 Å². The molecule has 2 saturated heterocycles. The highest BCUT2D eigenvalue weighted by Crippen LogP contribution is 2.49. The highest BCUT2D eigenvalue weighted by molar-refractivity contribution is 5.88. The van der Waals surface area contributed by atoms with Gasteiger partial charge in [0.1, 0.15) is 11.9 Å². The van der Waals surface area contributed by atoms with E-state index in [4.69, 9.17) is 9.84 Å². The number of carbonyl (C=O) groups is 2. The second-order valence-corrected chi connectivity index (χ2v) is 7.84. The molecule has 1 spiro atoms. The zero-order valence-electron chi connectivity index (χ0n) is 14.8. The second kappa shape index (κ2) is 6.87. The van der Waals surface area contributed by atoms with Gasteiger partial charge in [-0.2, -0.15) is 0 Å². The third-order valence-corrected chi connectivity index (χ3v) is 6.07. The molecule has 140 valence electrons. The second-order valence-electron chi connectivity index (χ2n) is 7.84. The standard InChI is InChI=1S/C19H25N3O4/c23-17(15-11-19(12-26-15)5-1-6-19)21-14-3-8-22(9-4-14)16-10-13(18(24)25)2-7-20-16/h2,7,10,14-15H,1,3-6,8-9,11-12H2,(H,21,23)(H,24,25). The Labute approximate surface area is 152 Å². The van der Waals surface area contributed by atoms with Crippen LogP contribution in [0.5, 0.6) is 0 Å². The van der Waals surface area contributed by atoms with Crippen molar-refractivity contribution in [3.63, 3.8) is 0 Å². The Morgan fingerprint density at radius 2 is 2.08 bits per heavy atom. The van der Waals surface area contributed by atoms with Gasteiger partial charge in [-0.25, -0.2) is 9.78 Å². The van der Waals surface area contributed by atoms with Crippen LogP contribution in [0.15, 0.2) is 18.3 Å². The number of amides is 1. The molecular weight excluding hydrogens is 334 g/mol. The summed E-state index contributed by atoms with van der Waals surface area (Å²) < 4.78 is 5.75. The number of aromatic nitrogens is 1. The van der Waals surface area contributed by atoms with Crippen LogP contribution < -0.4 is 10.2 Å². The molecule has 7 nitrogen and oxygen atoms in total. The molecule has 0 bridgehead atoms. The van der Waals surface area contributed by atoms with Gasteiger partial charge < -0.3 is 20.1 Å². The van der Waals surface area contributed by atoms with E-state index in [2.05, 4.69) is 15.2 Å². The molecular formula is C19H25N3O4. The van der Waals surface area contributed by atoms with Gasteiger partial charge in [0.05, 0.1) is 12.2 Å². The van der Waals surface area contributed by atoms with Crippen LogP contribution in [0.4, 0.5) is 5.82 Å². The lowest BCUT2D eigenvalue weighted by Gasteiger charge is -2.36. The van der Waals surface area contributed by atoms with E-state index < -0.39 is 5.97 Å². The average molecular weight is 359 g/mol. The molecule has 7 heteroatoms. The van der Waals surface area contributed by atoms with Crippen LogP contribution in [0.1, 0.15) is 48.9 Å². The number of piperidine rings is 1. The number of carboxylic acids is 1. The highest BCUT2D eigenvalue weighted by atomic mass is 16.5. The lowest BCUT2D eigenvalue weighted by Crippen LogP contribution is -2.48. The number of nitrogens with zero attached hydrogens (tertiary/aromatic N) is 2. The lowest BCUT2D eigenvalue weighted by atomic mass is 9.67. The molecule has 3 heterocycles. The molecule has 0 radical (unpaired) electrons. The van der Waals surface area contributed by atoms with Gasteiger partial charge in [0, 0.05) is 25.3 Å². The number of hydrogen-bond donors (Lipinski definition) is 2. The molecule has 26 heavy (non-hydrogen) atoms. The summed E-state index contributed by atoms with van der Waals surface area (Å²) in [5.74, 6) is -0.240. The third kappa shape index (κ3) is 3.40. The number of pyridine rings is 1. The number of carboxylic acid groups (broad SMARTS) is 1. The van der Waals surface area contributed by atoms with Crippen molar-refractivity contribution >= 4 is 17.7 Å². The Morgan fingerprint density at radius 3 is 2.69 bits per heavy atom. The Morgan fingerprint density at radius 1 is 1.31 bits per heavy atom. The lowest BCUT2D eigenvalue weighted by molar-refractivity contribution is -0.130. The van der Waals surface area contributed by atoms with Gasteiger partial charge in [0.2, 0.25) is 5.91 Å². The summed E-state index contributed by atoms with van der Waals surface area (Å²) in [6, 6.07) is 3.24. The summed E-state index contributed by atoms with van der Waals surface area (Å²) in [6.07, 6.45) is 7.39. The van der Waals surface area contributed by atoms with Crippen LogP contribution in [0, 0.1) is 5.41 Å². The normalized spacial score (nSPS) is 25.1. The Bertz CT molecular complexity index is 696. The van der Waals surface area contributed by atoms with Crippen molar-refractivity contribution in [1.29, 1.82) is 0 Å². The largest absolute Gasteiger partial charge is 0.478 e. The monoisotopic (exact) mass is 359 g/mol. The minimum absolute atomic E-state index is 0.0261. The minimum atomic E-state index is -0.948. The predicted molar refractivity (Wildman–Crippen MR) is 95.2 cm³/mol. The molecule has 1 atom stereocenters. The van der Waals surface area contributed by atoms with Crippen molar-refractivity contribution in [2.45, 2.75) is 50.7 Å². The molecule has 2 N–H and O–H groups in total. The van der Waals surface area contributed by atoms with E-state index in [1.165, 1.54) is 31.5 Å². The Kier molecular flexibility index (Phi) is 4.56. The number of nitrogens with one attached hydrogen (secondary N) is 1. The fourth-order valence-electron chi connectivity index (χ4n) is 4.25. The first-order valence-corrected chi connectivity index (χ1v) is 9.41. The van der Waals surface area contributed by atoms with E-state index in [1.54, 1.807) is 6.07 Å². The summed E-state index contributed by atoms with van der Waals surface area (Å²) in [7, 11) is 0. The first kappa shape index (κ1) is 17.3. The maximum absolute atomic E-state index is 12.5. The van der Waals surface area contributed by atoms with Gasteiger partial charge in [-0.05, 0) is 49.7 Å². The Hall–Kier alpha value is -2.15. The van der Waals surface area contributed by atoms with Crippen LogP contribution in [-0.2, 0) is 9.53 Å². The molecule has 2 aliphatic heterocycles. The maximum Gasteiger partial charge on any atom is 0.335 e. The minimum Gasteiger partial charge on any atom is -0.478 e. The van der Waals surface area contributed by atoms with Gasteiger partial charge in [-0.15, -0.1) is 0 Å². The van der Waals surface area contributed by atoms with Crippen molar-refractivity contribution in [3.05, 3.63) is 23.9 Å². The summed E-state index contributed by atoms with van der Waals surface area (Å²) >= 11 is 0. The molecule has 1 aliphatic carbocycles. The van der Waals surface area contributed by atoms with Crippen molar-refractivity contribution in [2.24, 2.45) is 5.41 Å². The number of carbonyl (C=O) groups excluding carboxylic acids is 1. The van der Waals surface area contributed by atoms with Gasteiger partial charge in [-0.1, -0.05) is 6.42 Å². The zero-order valence-corrected chi connectivity index (χ0v) is 14.8. The van der Waals surface area contributed by atoms with E-state index in [0.29, 0.717) is 5.82 Å². The number of hydrogen-bond acceptors (Lipinski definition) is 5. The Balaban J connectivity index is 1.28. The first-order chi connectivity index (χ1) is 12.5. The van der Waals surface area contributed by atoms with Crippen molar-refractivity contribution in [3.8, 4) is 0 Å². The number of aromatic carboxylic acids is 1. The van der Waals surface area contributed by atoms with Crippen LogP contribution in [0.25, 0.3) is 0 Å². The van der Waals surface area contributed by atoms with E-state index in [0.717, 1.165) is 39.0 Å². The predicted octanol–water partition coefficient (Wildman–Crippen LogP) is 1.82. The highest BCUT2D eigenvalue weighted by Gasteiger charge is 2.46. The fraction of sp³-hybridized carbons (Fsp3) is 0.632. The van der Waals surface area contributed by atoms with Crippen LogP contribution in [0.2, 0.25) is 0 Å². The van der Waals surface area contributed by atoms with E-state index >= 15 is 0 Å². The summed E-state index contributed by atoms with van der Waals surface area (Å²) in [6.45, 7) is 2.22. The summed E-state index contributed by atoms with van der Waals surface area (Å²) in [5, 5.41) is 12.2. The SMILES string of the molecule is O=C(O)c1ccnc(N2CCC(NC(=O)C3CC4(CCC4)CO3)CC2)c1. The van der Waals surface area contributed by atoms with Crippen LogP contribution >= 0.6 is 0 Å². The number of rotatable bonds is 4. The third-order valence-electron chi connectivity index (χ3n) is 6.07. The summed E-state index contributed by atoms with van der Waals surface area (Å²) in [5.41, 5.74) is 0.528. The van der Waals surface area contributed by atoms with Crippen molar-refractivity contribution in [1.82, 2.24) is 10.3 Å². The maximum atomic E-state index is 12.5. The average Bonchev–Trinajstić information content (AvgIpc) is 3.09. The molecule has 3 fully saturated rings. The number of ether oxygens (including phenoxy) is 1. The molecule has 3 aliphatic rings. The van der Waals surface area contributed by atoms with E-state index in [1.807, 2.05) is 0 Å². The van der Waals surface area contributed by atoms with E-state index in [9.17, 15) is 9.59 Å². The van der Waals surface area contributed by atoms with Crippen molar-refractivity contribution < 1.29 is 19.4 Å². The quantitative estimate of drug-likeness (QED) is 0.852. The molecule has 1 aromatic rings. The molecule has 4 rings (SSSR count). The van der Waals surface area contributed by atoms with Gasteiger partial charge in [0.15, 0.2) is 0 Å². The summed E-state index contributed by atoms with van der Waals surface area (Å²) in [4.78, 5) is 29.9. The topological polar surface area (TPSA) is 91.8 Å².